The van der Waals surface area contributed by atoms with Crippen LogP contribution in [0.2, 0.25) is 0 Å². The summed E-state index contributed by atoms with van der Waals surface area (Å²) in [5.74, 6) is -1.04. The van der Waals surface area contributed by atoms with Gasteiger partial charge in [-0.05, 0) is 43.9 Å². The van der Waals surface area contributed by atoms with Crippen LogP contribution in [0.3, 0.4) is 0 Å². The summed E-state index contributed by atoms with van der Waals surface area (Å²) in [5.41, 5.74) is 0.344. The smallest absolute Gasteiger partial charge is 0.315 e. The number of urea groups is 1. The van der Waals surface area contributed by atoms with Crippen LogP contribution in [-0.2, 0) is 4.79 Å². The van der Waals surface area contributed by atoms with Crippen LogP contribution in [0.5, 0.6) is 0 Å². The molecule has 0 aromatic rings. The fourth-order valence-corrected chi connectivity index (χ4v) is 2.67. The summed E-state index contributed by atoms with van der Waals surface area (Å²) in [7, 11) is 0. The molecule has 2 saturated carbocycles. The van der Waals surface area contributed by atoms with Crippen molar-refractivity contribution in [3.05, 3.63) is 0 Å². The highest BCUT2D eigenvalue weighted by atomic mass is 16.4. The Balaban J connectivity index is 1.67. The Morgan fingerprint density at radius 1 is 1.33 bits per heavy atom. The van der Waals surface area contributed by atoms with Crippen LogP contribution in [0.4, 0.5) is 4.79 Å². The fourth-order valence-electron chi connectivity index (χ4n) is 2.67. The topological polar surface area (TPSA) is 78.4 Å². The van der Waals surface area contributed by atoms with Gasteiger partial charge in [0, 0.05) is 12.6 Å². The average molecular weight is 254 g/mol. The first kappa shape index (κ1) is 13.2. The Labute approximate surface area is 107 Å². The van der Waals surface area contributed by atoms with Crippen molar-refractivity contribution in [1.82, 2.24) is 10.6 Å². The predicted molar refractivity (Wildman–Crippen MR) is 67.3 cm³/mol. The van der Waals surface area contributed by atoms with E-state index in [1.807, 2.05) is 0 Å². The summed E-state index contributed by atoms with van der Waals surface area (Å²) < 4.78 is 0. The van der Waals surface area contributed by atoms with Gasteiger partial charge >= 0.3 is 12.0 Å². The second kappa shape index (κ2) is 5.16. The molecule has 5 heteroatoms. The van der Waals surface area contributed by atoms with Crippen molar-refractivity contribution >= 4 is 12.0 Å². The van der Waals surface area contributed by atoms with Crippen LogP contribution in [0.25, 0.3) is 0 Å². The fraction of sp³-hybridized carbons (Fsp3) is 0.846. The van der Waals surface area contributed by atoms with Gasteiger partial charge in [0.25, 0.3) is 0 Å². The number of nitrogens with one attached hydrogen (secondary N) is 2. The largest absolute Gasteiger partial charge is 0.481 e. The molecule has 0 radical (unpaired) electrons. The molecule has 0 bridgehead atoms. The molecule has 2 fully saturated rings. The number of hydrogen-bond donors (Lipinski definition) is 3. The van der Waals surface area contributed by atoms with Crippen LogP contribution < -0.4 is 10.6 Å². The van der Waals surface area contributed by atoms with Gasteiger partial charge in [-0.25, -0.2) is 4.79 Å². The van der Waals surface area contributed by atoms with Gasteiger partial charge in [0.2, 0.25) is 0 Å². The molecule has 5 nitrogen and oxygen atoms in total. The first-order valence-electron chi connectivity index (χ1n) is 6.82. The molecule has 0 aromatic carbocycles. The minimum Gasteiger partial charge on any atom is -0.481 e. The lowest BCUT2D eigenvalue weighted by Gasteiger charge is -2.17. The van der Waals surface area contributed by atoms with Crippen molar-refractivity contribution in [1.29, 1.82) is 0 Å². The SMILES string of the molecule is CCC1(CNC(=O)NC2CCC(C(=O)O)C2)CC1. The van der Waals surface area contributed by atoms with Crippen molar-refractivity contribution in [2.75, 3.05) is 6.54 Å². The Morgan fingerprint density at radius 2 is 2.06 bits per heavy atom. The lowest BCUT2D eigenvalue weighted by molar-refractivity contribution is -0.141. The molecule has 0 aromatic heterocycles. The van der Waals surface area contributed by atoms with E-state index in [4.69, 9.17) is 5.11 Å². The molecular formula is C13H22N2O3. The third kappa shape index (κ3) is 3.15. The van der Waals surface area contributed by atoms with Crippen molar-refractivity contribution in [3.8, 4) is 0 Å². The summed E-state index contributed by atoms with van der Waals surface area (Å²) in [6.45, 7) is 2.89. The van der Waals surface area contributed by atoms with Gasteiger partial charge in [0.1, 0.15) is 0 Å². The van der Waals surface area contributed by atoms with Crippen LogP contribution in [0.1, 0.15) is 45.4 Å². The predicted octanol–water partition coefficient (Wildman–Crippen LogP) is 1.73. The number of amides is 2. The normalized spacial score (nSPS) is 28.7. The monoisotopic (exact) mass is 254 g/mol. The standard InChI is InChI=1S/C13H22N2O3/c1-2-13(5-6-13)8-14-12(18)15-10-4-3-9(7-10)11(16)17/h9-10H,2-8H2,1H3,(H,16,17)(H2,14,15,18). The maximum absolute atomic E-state index is 11.7. The molecule has 18 heavy (non-hydrogen) atoms. The van der Waals surface area contributed by atoms with Crippen molar-refractivity contribution in [2.24, 2.45) is 11.3 Å². The molecule has 3 N–H and O–H groups in total. The zero-order valence-electron chi connectivity index (χ0n) is 10.9. The maximum atomic E-state index is 11.7. The summed E-state index contributed by atoms with van der Waals surface area (Å²) >= 11 is 0. The molecule has 2 atom stereocenters. The van der Waals surface area contributed by atoms with Gasteiger partial charge < -0.3 is 15.7 Å². The highest BCUT2D eigenvalue weighted by molar-refractivity contribution is 5.75. The van der Waals surface area contributed by atoms with E-state index in [1.54, 1.807) is 0 Å². The summed E-state index contributed by atoms with van der Waals surface area (Å²) in [5, 5.41) is 14.7. The van der Waals surface area contributed by atoms with E-state index in [0.29, 0.717) is 18.3 Å². The lowest BCUT2D eigenvalue weighted by atomic mass is 10.0. The molecule has 2 unspecified atom stereocenters. The lowest BCUT2D eigenvalue weighted by Crippen LogP contribution is -2.43. The first-order chi connectivity index (χ1) is 8.54. The van der Waals surface area contributed by atoms with E-state index >= 15 is 0 Å². The first-order valence-corrected chi connectivity index (χ1v) is 6.82. The number of rotatable bonds is 5. The van der Waals surface area contributed by atoms with Gasteiger partial charge in [-0.1, -0.05) is 6.92 Å². The van der Waals surface area contributed by atoms with Gasteiger partial charge in [-0.15, -0.1) is 0 Å². The maximum Gasteiger partial charge on any atom is 0.315 e. The minimum atomic E-state index is -0.748. The van der Waals surface area contributed by atoms with E-state index in [9.17, 15) is 9.59 Å². The molecule has 0 heterocycles. The number of hydrogen-bond acceptors (Lipinski definition) is 2. The van der Waals surface area contributed by atoms with E-state index in [0.717, 1.165) is 19.4 Å². The quantitative estimate of drug-likeness (QED) is 0.699. The Hall–Kier alpha value is -1.26. The van der Waals surface area contributed by atoms with Crippen molar-refractivity contribution in [3.63, 3.8) is 0 Å². The number of carbonyl (C=O) groups is 2. The van der Waals surface area contributed by atoms with E-state index < -0.39 is 5.97 Å². The highest BCUT2D eigenvalue weighted by Gasteiger charge is 2.40. The molecule has 102 valence electrons. The number of aliphatic carboxylic acids is 1. The molecule has 0 saturated heterocycles. The second-order valence-electron chi connectivity index (χ2n) is 5.73. The van der Waals surface area contributed by atoms with Crippen molar-refractivity contribution < 1.29 is 14.7 Å². The van der Waals surface area contributed by atoms with E-state index in [-0.39, 0.29) is 18.0 Å². The molecular weight excluding hydrogens is 232 g/mol. The zero-order valence-corrected chi connectivity index (χ0v) is 10.9. The number of carboxylic acids is 1. The Bertz CT molecular complexity index is 339. The molecule has 2 rings (SSSR count). The third-order valence-corrected chi connectivity index (χ3v) is 4.45. The van der Waals surface area contributed by atoms with Crippen LogP contribution in [-0.4, -0.2) is 29.7 Å². The summed E-state index contributed by atoms with van der Waals surface area (Å²) in [6, 6.07) is -0.131. The third-order valence-electron chi connectivity index (χ3n) is 4.45. The van der Waals surface area contributed by atoms with Gasteiger partial charge in [0.15, 0.2) is 0 Å². The van der Waals surface area contributed by atoms with Gasteiger partial charge in [0.05, 0.1) is 5.92 Å². The Kier molecular flexibility index (Phi) is 3.78. The van der Waals surface area contributed by atoms with E-state index in [2.05, 4.69) is 17.6 Å². The molecule has 2 aliphatic rings. The molecule has 2 amide bonds. The zero-order chi connectivity index (χ0) is 13.2. The van der Waals surface area contributed by atoms with Crippen LogP contribution >= 0.6 is 0 Å². The van der Waals surface area contributed by atoms with E-state index in [1.165, 1.54) is 12.8 Å². The number of carbonyl (C=O) groups excluding carboxylic acids is 1. The Morgan fingerprint density at radius 3 is 2.56 bits per heavy atom. The summed E-state index contributed by atoms with van der Waals surface area (Å²) in [4.78, 5) is 22.5. The molecule has 2 aliphatic carbocycles. The van der Waals surface area contributed by atoms with Gasteiger partial charge in [-0.2, -0.15) is 0 Å². The minimum absolute atomic E-state index is 0.0166. The summed E-state index contributed by atoms with van der Waals surface area (Å²) in [6.07, 6.45) is 5.50. The van der Waals surface area contributed by atoms with Crippen molar-refractivity contribution in [2.45, 2.75) is 51.5 Å². The van der Waals surface area contributed by atoms with Gasteiger partial charge in [-0.3, -0.25) is 4.79 Å². The molecule has 0 spiro atoms. The molecule has 0 aliphatic heterocycles. The second-order valence-corrected chi connectivity index (χ2v) is 5.73. The average Bonchev–Trinajstić information content (AvgIpc) is 2.98. The number of carboxylic acid groups (broad SMARTS) is 1. The van der Waals surface area contributed by atoms with Crippen LogP contribution in [0, 0.1) is 11.3 Å². The van der Waals surface area contributed by atoms with Crippen LogP contribution in [0.15, 0.2) is 0 Å². The highest BCUT2D eigenvalue weighted by Crippen LogP contribution is 2.47.